The summed E-state index contributed by atoms with van der Waals surface area (Å²) in [5, 5.41) is 8.33. The third kappa shape index (κ3) is 3.66. The quantitative estimate of drug-likeness (QED) is 0.406. The molecule has 1 aromatic carbocycles. The van der Waals surface area contributed by atoms with Crippen LogP contribution in [-0.2, 0) is 24.2 Å². The molecule has 35 heavy (non-hydrogen) atoms. The Bertz CT molecular complexity index is 1640. The number of aryl methyl sites for hydroxylation is 2. The molecule has 0 fully saturated rings. The Kier molecular flexibility index (Phi) is 5.29. The number of carbonyl (C=O) groups is 1. The molecule has 0 spiro atoms. The largest absolute Gasteiger partial charge is 0.495 e. The lowest BCUT2D eigenvalue weighted by Crippen LogP contribution is -2.32. The number of hydrogen-bond donors (Lipinski definition) is 1. The minimum absolute atomic E-state index is 0.146. The topological polar surface area (TPSA) is 103 Å². The summed E-state index contributed by atoms with van der Waals surface area (Å²) >= 11 is 1.58. The maximum atomic E-state index is 13.6. The SMILES string of the molecule is COc1ccccc1NC(=O)Cn1c(=O)n2nc(-c3ccncc3)nc2c2c3c(sc21)CCCC3. The van der Waals surface area contributed by atoms with Crippen molar-refractivity contribution < 1.29 is 9.53 Å². The zero-order chi connectivity index (χ0) is 23.9. The number of amides is 1. The molecule has 0 unspecified atom stereocenters. The van der Waals surface area contributed by atoms with Gasteiger partial charge in [0.15, 0.2) is 11.5 Å². The molecule has 176 valence electrons. The van der Waals surface area contributed by atoms with Crippen LogP contribution in [-0.4, -0.2) is 37.2 Å². The predicted octanol–water partition coefficient (Wildman–Crippen LogP) is 3.69. The van der Waals surface area contributed by atoms with Gasteiger partial charge in [-0.3, -0.25) is 14.3 Å². The lowest BCUT2D eigenvalue weighted by molar-refractivity contribution is -0.116. The van der Waals surface area contributed by atoms with Crippen LogP contribution in [0.25, 0.3) is 27.3 Å². The Morgan fingerprint density at radius 3 is 2.77 bits per heavy atom. The summed E-state index contributed by atoms with van der Waals surface area (Å²) in [6, 6.07) is 10.8. The number of benzene rings is 1. The van der Waals surface area contributed by atoms with Crippen molar-refractivity contribution in [3.63, 3.8) is 0 Å². The van der Waals surface area contributed by atoms with E-state index in [-0.39, 0.29) is 12.5 Å². The summed E-state index contributed by atoms with van der Waals surface area (Å²) in [7, 11) is 1.55. The third-order valence-electron chi connectivity index (χ3n) is 6.26. The normalized spacial score (nSPS) is 13.2. The molecule has 0 aliphatic heterocycles. The molecule has 1 amide bonds. The highest BCUT2D eigenvalue weighted by Gasteiger charge is 2.25. The number of para-hydroxylation sites is 2. The Morgan fingerprint density at radius 1 is 1.14 bits per heavy atom. The van der Waals surface area contributed by atoms with Gasteiger partial charge in [0.05, 0.1) is 18.2 Å². The molecule has 1 aliphatic rings. The molecular weight excluding hydrogens is 464 g/mol. The monoisotopic (exact) mass is 486 g/mol. The van der Waals surface area contributed by atoms with Gasteiger partial charge < -0.3 is 10.1 Å². The number of methoxy groups -OCH3 is 1. The zero-order valence-electron chi connectivity index (χ0n) is 19.0. The summed E-state index contributed by atoms with van der Waals surface area (Å²) in [6.45, 7) is -0.146. The van der Waals surface area contributed by atoms with E-state index < -0.39 is 5.69 Å². The van der Waals surface area contributed by atoms with Crippen molar-refractivity contribution >= 4 is 38.8 Å². The first-order valence-electron chi connectivity index (χ1n) is 11.4. The minimum atomic E-state index is -0.394. The van der Waals surface area contributed by atoms with E-state index in [0.29, 0.717) is 22.9 Å². The summed E-state index contributed by atoms with van der Waals surface area (Å²) in [5.74, 6) is 0.689. The number of thiophene rings is 1. The average Bonchev–Trinajstić information content (AvgIpc) is 3.50. The van der Waals surface area contributed by atoms with E-state index in [2.05, 4.69) is 15.4 Å². The van der Waals surface area contributed by atoms with Gasteiger partial charge >= 0.3 is 5.69 Å². The maximum Gasteiger partial charge on any atom is 0.352 e. The number of fused-ring (bicyclic) bond motifs is 5. The standard InChI is InChI=1S/C25H22N6O3S/c1-34-18-8-4-3-7-17(18)27-20(32)14-30-24-21(16-6-2-5-9-19(16)35-24)23-28-22(29-31(23)25(30)33)15-10-12-26-13-11-15/h3-4,7-8,10-13H,2,5-6,9,14H2,1H3,(H,27,32). The number of rotatable bonds is 5. The molecule has 0 radical (unpaired) electrons. The first-order valence-corrected chi connectivity index (χ1v) is 12.2. The van der Waals surface area contributed by atoms with Crippen LogP contribution in [0.1, 0.15) is 23.3 Å². The van der Waals surface area contributed by atoms with Crippen LogP contribution in [0.3, 0.4) is 0 Å². The first-order chi connectivity index (χ1) is 17.1. The first kappa shape index (κ1) is 21.5. The Labute approximate surface area is 204 Å². The van der Waals surface area contributed by atoms with Gasteiger partial charge in [-0.05, 0) is 55.5 Å². The second kappa shape index (κ2) is 8.62. The second-order valence-electron chi connectivity index (χ2n) is 8.41. The number of pyridine rings is 1. The van der Waals surface area contributed by atoms with Crippen molar-refractivity contribution in [3.8, 4) is 17.1 Å². The fraction of sp³-hybridized carbons (Fsp3) is 0.240. The van der Waals surface area contributed by atoms with Gasteiger partial charge in [0.2, 0.25) is 5.91 Å². The number of ether oxygens (including phenoxy) is 1. The number of aromatic nitrogens is 5. The molecule has 0 bridgehead atoms. The molecule has 6 rings (SSSR count). The summed E-state index contributed by atoms with van der Waals surface area (Å²) in [4.78, 5) is 37.5. The number of nitrogens with zero attached hydrogens (tertiary/aromatic N) is 5. The van der Waals surface area contributed by atoms with Crippen molar-refractivity contribution in [2.24, 2.45) is 0 Å². The van der Waals surface area contributed by atoms with Gasteiger partial charge in [-0.1, -0.05) is 12.1 Å². The molecule has 0 saturated carbocycles. The Morgan fingerprint density at radius 2 is 1.94 bits per heavy atom. The second-order valence-corrected chi connectivity index (χ2v) is 9.50. The molecule has 9 nitrogen and oxygen atoms in total. The van der Waals surface area contributed by atoms with Crippen LogP contribution < -0.4 is 15.7 Å². The molecule has 4 aromatic heterocycles. The van der Waals surface area contributed by atoms with Gasteiger partial charge in [0, 0.05) is 22.8 Å². The van der Waals surface area contributed by atoms with Gasteiger partial charge in [0.25, 0.3) is 0 Å². The van der Waals surface area contributed by atoms with Crippen molar-refractivity contribution in [2.75, 3.05) is 12.4 Å². The lowest BCUT2D eigenvalue weighted by Gasteiger charge is -2.12. The van der Waals surface area contributed by atoms with E-state index in [1.165, 1.54) is 19.5 Å². The van der Waals surface area contributed by atoms with Gasteiger partial charge in [0.1, 0.15) is 17.1 Å². The molecular formula is C25H22N6O3S. The van der Waals surface area contributed by atoms with E-state index >= 15 is 0 Å². The third-order valence-corrected chi connectivity index (χ3v) is 7.58. The Balaban J connectivity index is 1.50. The molecule has 10 heteroatoms. The van der Waals surface area contributed by atoms with E-state index in [0.717, 1.165) is 41.5 Å². The van der Waals surface area contributed by atoms with Crippen molar-refractivity contribution in [2.45, 2.75) is 32.2 Å². The number of hydrogen-bond acceptors (Lipinski definition) is 7. The molecule has 5 aromatic rings. The smallest absolute Gasteiger partial charge is 0.352 e. The minimum Gasteiger partial charge on any atom is -0.495 e. The van der Waals surface area contributed by atoms with E-state index in [9.17, 15) is 9.59 Å². The predicted molar refractivity (Wildman–Crippen MR) is 134 cm³/mol. The molecule has 0 atom stereocenters. The van der Waals surface area contributed by atoms with Crippen LogP contribution in [0.5, 0.6) is 5.75 Å². The van der Waals surface area contributed by atoms with Crippen molar-refractivity contribution in [1.82, 2.24) is 24.1 Å². The highest BCUT2D eigenvalue weighted by molar-refractivity contribution is 7.19. The van der Waals surface area contributed by atoms with E-state index in [1.807, 2.05) is 24.3 Å². The van der Waals surface area contributed by atoms with Crippen molar-refractivity contribution in [3.05, 3.63) is 69.7 Å². The number of anilines is 1. The fourth-order valence-electron chi connectivity index (χ4n) is 4.62. The molecule has 0 saturated heterocycles. The lowest BCUT2D eigenvalue weighted by atomic mass is 9.97. The average molecular weight is 487 g/mol. The van der Waals surface area contributed by atoms with Crippen LogP contribution in [0, 0.1) is 0 Å². The van der Waals surface area contributed by atoms with Crippen LogP contribution in [0.15, 0.2) is 53.6 Å². The van der Waals surface area contributed by atoms with Gasteiger partial charge in [-0.2, -0.15) is 4.52 Å². The highest BCUT2D eigenvalue weighted by atomic mass is 32.1. The van der Waals surface area contributed by atoms with Crippen LogP contribution in [0.2, 0.25) is 0 Å². The highest BCUT2D eigenvalue weighted by Crippen LogP contribution is 2.38. The summed E-state index contributed by atoms with van der Waals surface area (Å²) in [5.41, 5.74) is 2.69. The van der Waals surface area contributed by atoms with Crippen LogP contribution >= 0.6 is 11.3 Å². The van der Waals surface area contributed by atoms with Crippen LogP contribution in [0.4, 0.5) is 5.69 Å². The molecule has 1 aliphatic carbocycles. The van der Waals surface area contributed by atoms with E-state index in [4.69, 9.17) is 9.72 Å². The Hall–Kier alpha value is -4.05. The number of carbonyl (C=O) groups excluding carboxylic acids is 1. The van der Waals surface area contributed by atoms with Gasteiger partial charge in [-0.15, -0.1) is 16.4 Å². The molecule has 1 N–H and O–H groups in total. The zero-order valence-corrected chi connectivity index (χ0v) is 19.8. The summed E-state index contributed by atoms with van der Waals surface area (Å²) in [6.07, 6.45) is 7.43. The summed E-state index contributed by atoms with van der Waals surface area (Å²) < 4.78 is 8.18. The van der Waals surface area contributed by atoms with Gasteiger partial charge in [-0.25, -0.2) is 9.78 Å². The van der Waals surface area contributed by atoms with E-state index in [1.54, 1.807) is 43.0 Å². The fourth-order valence-corrected chi connectivity index (χ4v) is 6.00. The van der Waals surface area contributed by atoms with Crippen molar-refractivity contribution in [1.29, 1.82) is 0 Å². The number of nitrogens with one attached hydrogen (secondary N) is 1. The molecule has 4 heterocycles. The maximum absolute atomic E-state index is 13.6.